The molecule has 0 bridgehead atoms. The van der Waals surface area contributed by atoms with Crippen LogP contribution in [0.15, 0.2) is 112 Å². The number of hydrogen-bond donors (Lipinski definition) is 1. The average Bonchev–Trinajstić information content (AvgIpc) is 3.78. The van der Waals surface area contributed by atoms with Gasteiger partial charge >= 0.3 is 21.1 Å². The number of phenolic OH excluding ortho intramolecular Hbond substituents is 1. The Kier molecular flexibility index (Phi) is 7.50. The van der Waals surface area contributed by atoms with Crippen LogP contribution in [0.4, 0.5) is 0 Å². The Hall–Kier alpha value is -5.12. The maximum atomic E-state index is 10.6. The van der Waals surface area contributed by atoms with E-state index in [0.29, 0.717) is 17.4 Å². The van der Waals surface area contributed by atoms with Gasteiger partial charge in [0, 0.05) is 5.69 Å². The van der Waals surface area contributed by atoms with Gasteiger partial charge in [-0.2, -0.15) is 0 Å². The van der Waals surface area contributed by atoms with Gasteiger partial charge in [0.1, 0.15) is 0 Å². The number of aromatic nitrogens is 2. The summed E-state index contributed by atoms with van der Waals surface area (Å²) < 4.78 is 15.1. The van der Waals surface area contributed by atoms with Gasteiger partial charge in [-0.15, -0.1) is 29.8 Å². The van der Waals surface area contributed by atoms with Crippen LogP contribution in [0.5, 0.6) is 5.75 Å². The molecule has 0 saturated heterocycles. The van der Waals surface area contributed by atoms with Crippen LogP contribution in [-0.2, 0) is 21.1 Å². The van der Waals surface area contributed by atoms with Gasteiger partial charge in [0.15, 0.2) is 0 Å². The molecule has 0 saturated carbocycles. The van der Waals surface area contributed by atoms with Crippen molar-refractivity contribution in [3.05, 3.63) is 126 Å². The number of aromatic hydroxyl groups is 1. The van der Waals surface area contributed by atoms with Gasteiger partial charge in [0.05, 0.1) is 44.9 Å². The number of benzene rings is 6. The zero-order valence-corrected chi connectivity index (χ0v) is 29.7. The third kappa shape index (κ3) is 4.82. The van der Waals surface area contributed by atoms with E-state index < -0.39 is 0 Å². The average molecular weight is 820 g/mol. The number of para-hydroxylation sites is 4. The maximum Gasteiger partial charge on any atom is 2.00 e. The molecule has 0 atom stereocenters. The second kappa shape index (κ2) is 11.8. The molecule has 9 aromatic rings. The standard InChI is InChI=1S/C43H32N2O3.Pt/c1-24(2)28-11-9-12-29(25(3)4)42(28)45-34-14-7-6-13-33(34)44-43(45)27-17-19-37-32(23-27)41-39(48-37)21-20-38-40(41)31-22-26(16-18-36(31)47-38)30-10-5-8-15-35(30)46;/h5-21,24-25,46H,1-4H3;/q-2;+2. The summed E-state index contributed by atoms with van der Waals surface area (Å²) in [5.41, 5.74) is 11.1. The Morgan fingerprint density at radius 1 is 0.612 bits per heavy atom. The van der Waals surface area contributed by atoms with Crippen molar-refractivity contribution in [2.45, 2.75) is 39.5 Å². The molecule has 0 fully saturated rings. The summed E-state index contributed by atoms with van der Waals surface area (Å²) in [5, 5.41) is 14.1. The molecule has 9 rings (SSSR count). The predicted molar refractivity (Wildman–Crippen MR) is 194 cm³/mol. The quantitative estimate of drug-likeness (QED) is 0.176. The van der Waals surface area contributed by atoms with Crippen LogP contribution in [0.25, 0.3) is 83.1 Å². The van der Waals surface area contributed by atoms with E-state index in [1.54, 1.807) is 6.07 Å². The Morgan fingerprint density at radius 2 is 1.16 bits per heavy atom. The molecule has 3 aromatic heterocycles. The monoisotopic (exact) mass is 819 g/mol. The van der Waals surface area contributed by atoms with E-state index >= 15 is 0 Å². The van der Waals surface area contributed by atoms with E-state index in [4.69, 9.17) is 13.8 Å². The zero-order chi connectivity index (χ0) is 32.7. The largest absolute Gasteiger partial charge is 2.00 e. The van der Waals surface area contributed by atoms with Gasteiger partial charge in [-0.25, -0.2) is 0 Å². The van der Waals surface area contributed by atoms with E-state index in [0.717, 1.165) is 71.9 Å². The number of hydrogen-bond acceptors (Lipinski definition) is 4. The first-order valence-corrected chi connectivity index (χ1v) is 16.4. The Morgan fingerprint density at radius 3 is 1.80 bits per heavy atom. The van der Waals surface area contributed by atoms with E-state index in [2.05, 4.69) is 86.9 Å². The van der Waals surface area contributed by atoms with Gasteiger partial charge < -0.3 is 18.5 Å². The normalized spacial score (nSPS) is 12.0. The van der Waals surface area contributed by atoms with Gasteiger partial charge in [-0.05, 0) is 58.9 Å². The number of nitrogens with zero attached hydrogens (tertiary/aromatic N) is 2. The van der Waals surface area contributed by atoms with Crippen molar-refractivity contribution in [2.75, 3.05) is 0 Å². The van der Waals surface area contributed by atoms with Gasteiger partial charge in [0.2, 0.25) is 0 Å². The van der Waals surface area contributed by atoms with Gasteiger partial charge in [0.25, 0.3) is 0 Å². The van der Waals surface area contributed by atoms with E-state index in [9.17, 15) is 5.11 Å². The zero-order valence-electron chi connectivity index (χ0n) is 27.4. The molecule has 0 amide bonds. The summed E-state index contributed by atoms with van der Waals surface area (Å²) in [5.74, 6) is 1.68. The second-order valence-electron chi connectivity index (χ2n) is 13.1. The first kappa shape index (κ1) is 31.2. The molecule has 0 aliphatic rings. The van der Waals surface area contributed by atoms with Crippen molar-refractivity contribution < 1.29 is 35.0 Å². The van der Waals surface area contributed by atoms with Crippen LogP contribution in [0, 0.1) is 12.1 Å². The number of phenols is 1. The number of rotatable bonds is 5. The van der Waals surface area contributed by atoms with Crippen LogP contribution < -0.4 is 0 Å². The Bertz CT molecular complexity index is 2680. The summed E-state index contributed by atoms with van der Waals surface area (Å²) in [7, 11) is 0. The number of furan rings is 2. The van der Waals surface area contributed by atoms with Gasteiger partial charge in [-0.3, -0.25) is 4.98 Å². The molecule has 3 heterocycles. The van der Waals surface area contributed by atoms with Crippen molar-refractivity contribution in [3.8, 4) is 34.0 Å². The summed E-state index contributed by atoms with van der Waals surface area (Å²) in [6.45, 7) is 9.00. The molecule has 0 aliphatic heterocycles. The fourth-order valence-corrected chi connectivity index (χ4v) is 7.16. The molecule has 0 aliphatic carbocycles. The van der Waals surface area contributed by atoms with Crippen molar-refractivity contribution in [1.82, 2.24) is 9.55 Å². The summed E-state index contributed by atoms with van der Waals surface area (Å²) >= 11 is 0. The topological polar surface area (TPSA) is 64.3 Å². The first-order chi connectivity index (χ1) is 23.4. The van der Waals surface area contributed by atoms with Crippen LogP contribution in [0.2, 0.25) is 0 Å². The minimum Gasteiger partial charge on any atom is -0.515 e. The summed E-state index contributed by atoms with van der Waals surface area (Å²) in [4.78, 5) is 5.24. The van der Waals surface area contributed by atoms with Crippen molar-refractivity contribution in [1.29, 1.82) is 0 Å². The number of imidazole rings is 1. The van der Waals surface area contributed by atoms with Crippen LogP contribution in [0.3, 0.4) is 0 Å². The summed E-state index contributed by atoms with van der Waals surface area (Å²) in [6, 6.07) is 41.5. The summed E-state index contributed by atoms with van der Waals surface area (Å²) in [6.07, 6.45) is 0. The van der Waals surface area contributed by atoms with Crippen LogP contribution in [0.1, 0.15) is 50.7 Å². The molecule has 6 aromatic carbocycles. The fourth-order valence-electron chi connectivity index (χ4n) is 7.16. The minimum absolute atomic E-state index is 0. The molecule has 5 nitrogen and oxygen atoms in total. The molecule has 0 spiro atoms. The van der Waals surface area contributed by atoms with E-state index in [1.165, 1.54) is 16.8 Å². The van der Waals surface area contributed by atoms with Crippen molar-refractivity contribution >= 4 is 54.9 Å². The first-order valence-electron chi connectivity index (χ1n) is 16.4. The maximum absolute atomic E-state index is 10.6. The molecule has 49 heavy (non-hydrogen) atoms. The molecule has 0 radical (unpaired) electrons. The molecule has 0 unspecified atom stereocenters. The molecular formula is C43H32N2O3Pt. The number of fused-ring (bicyclic) bond motifs is 8. The van der Waals surface area contributed by atoms with E-state index in [1.807, 2.05) is 54.6 Å². The molecule has 1 N–H and O–H groups in total. The fraction of sp³-hybridized carbons (Fsp3) is 0.140. The Balaban J connectivity index is 0.00000348. The minimum atomic E-state index is 0. The van der Waals surface area contributed by atoms with E-state index in [-0.39, 0.29) is 26.8 Å². The van der Waals surface area contributed by atoms with Gasteiger partial charge in [-0.1, -0.05) is 115 Å². The second-order valence-corrected chi connectivity index (χ2v) is 13.1. The molecular weight excluding hydrogens is 788 g/mol. The smallest absolute Gasteiger partial charge is 0.515 e. The molecule has 6 heteroatoms. The predicted octanol–water partition coefficient (Wildman–Crippen LogP) is 11.7. The SMILES string of the molecule is CC(C)c1cccc(C(C)C)c1-n1c(-c2[c-]c3c(cc2)oc2ccc4oc5ccc(-c6ccccc6O)[c-]c5c4c23)nc2ccccc21.[Pt+2]. The Labute approximate surface area is 298 Å². The third-order valence-electron chi connectivity index (χ3n) is 9.45. The van der Waals surface area contributed by atoms with Crippen molar-refractivity contribution in [2.24, 2.45) is 0 Å². The van der Waals surface area contributed by atoms with Crippen molar-refractivity contribution in [3.63, 3.8) is 0 Å². The van der Waals surface area contributed by atoms with Crippen LogP contribution >= 0.6 is 0 Å². The molecule has 242 valence electrons. The van der Waals surface area contributed by atoms with Crippen LogP contribution in [-0.4, -0.2) is 14.7 Å². The third-order valence-corrected chi connectivity index (χ3v) is 9.45.